The molecule has 3 rings (SSSR count). The summed E-state index contributed by atoms with van der Waals surface area (Å²) in [5.74, 6) is 0.361. The van der Waals surface area contributed by atoms with E-state index in [1.807, 2.05) is 13.8 Å². The van der Waals surface area contributed by atoms with Crippen molar-refractivity contribution in [3.63, 3.8) is 0 Å². The van der Waals surface area contributed by atoms with E-state index in [-0.39, 0.29) is 36.4 Å². The summed E-state index contributed by atoms with van der Waals surface area (Å²) in [7, 11) is 3.43. The fourth-order valence-corrected chi connectivity index (χ4v) is 4.24. The van der Waals surface area contributed by atoms with Gasteiger partial charge in [-0.05, 0) is 54.5 Å². The van der Waals surface area contributed by atoms with Gasteiger partial charge in [0.25, 0.3) is 5.95 Å². The molecule has 0 fully saturated rings. The molecule has 1 amide bonds. The Hall–Kier alpha value is -2.85. The molecule has 1 aliphatic rings. The topological polar surface area (TPSA) is 76.4 Å². The number of aromatic nitrogens is 4. The van der Waals surface area contributed by atoms with E-state index in [0.717, 1.165) is 6.07 Å². The highest BCUT2D eigenvalue weighted by molar-refractivity contribution is 5.89. The Labute approximate surface area is 191 Å². The third kappa shape index (κ3) is 5.22. The van der Waals surface area contributed by atoms with Crippen LogP contribution in [0.4, 0.5) is 29.6 Å². The SMILES string of the molecule is CCc1cc2c(cc1C(F)(F)F)N(C(=O)OC(CC)CC)CCCC2N(C)c1nnn(C)n1. The predicted molar refractivity (Wildman–Crippen MR) is 118 cm³/mol. The Kier molecular flexibility index (Phi) is 7.48. The number of benzene rings is 1. The maximum atomic E-state index is 13.9. The molecule has 1 aromatic carbocycles. The van der Waals surface area contributed by atoms with Crippen LogP contribution in [0.3, 0.4) is 0 Å². The van der Waals surface area contributed by atoms with E-state index >= 15 is 0 Å². The van der Waals surface area contributed by atoms with Crippen LogP contribution in [0.25, 0.3) is 0 Å². The summed E-state index contributed by atoms with van der Waals surface area (Å²) in [5, 5.41) is 12.2. The number of alkyl halides is 3. The molecule has 0 saturated heterocycles. The normalized spacial score (nSPS) is 16.5. The van der Waals surface area contributed by atoms with Crippen molar-refractivity contribution in [2.45, 2.75) is 71.2 Å². The van der Waals surface area contributed by atoms with Gasteiger partial charge < -0.3 is 9.64 Å². The molecular weight excluding hydrogens is 437 g/mol. The number of anilines is 2. The van der Waals surface area contributed by atoms with Crippen LogP contribution in [0.2, 0.25) is 0 Å². The van der Waals surface area contributed by atoms with Crippen molar-refractivity contribution >= 4 is 17.7 Å². The van der Waals surface area contributed by atoms with Gasteiger partial charge in [-0.2, -0.15) is 18.0 Å². The molecule has 0 aliphatic carbocycles. The van der Waals surface area contributed by atoms with Crippen molar-refractivity contribution in [3.8, 4) is 0 Å². The van der Waals surface area contributed by atoms with Gasteiger partial charge in [-0.25, -0.2) is 4.79 Å². The lowest BCUT2D eigenvalue weighted by molar-refractivity contribution is -0.138. The van der Waals surface area contributed by atoms with Crippen LogP contribution >= 0.6 is 0 Å². The lowest BCUT2D eigenvalue weighted by atomic mass is 9.93. The minimum absolute atomic E-state index is 0.182. The van der Waals surface area contributed by atoms with Gasteiger partial charge in [-0.15, -0.1) is 5.10 Å². The van der Waals surface area contributed by atoms with E-state index in [1.165, 1.54) is 9.70 Å². The average Bonchev–Trinajstić information content (AvgIpc) is 3.12. The summed E-state index contributed by atoms with van der Waals surface area (Å²) in [6.07, 6.45) is -2.79. The van der Waals surface area contributed by atoms with Crippen LogP contribution in [0.5, 0.6) is 0 Å². The van der Waals surface area contributed by atoms with Gasteiger partial charge >= 0.3 is 12.3 Å². The number of hydrogen-bond acceptors (Lipinski definition) is 6. The van der Waals surface area contributed by atoms with Crippen molar-refractivity contribution in [3.05, 3.63) is 28.8 Å². The standard InChI is InChI=1S/C22H31F3N6O2/c1-6-14-12-16-18(29(4)20-26-28-30(5)27-20)10-9-11-31(21(32)33-15(7-2)8-3)19(16)13-17(14)22(23,24)25/h12-13,15,18H,6-11H2,1-5H3. The van der Waals surface area contributed by atoms with Crippen LogP contribution in [-0.4, -0.2) is 46.0 Å². The first-order valence-electron chi connectivity index (χ1n) is 11.3. The summed E-state index contributed by atoms with van der Waals surface area (Å²) in [6.45, 7) is 5.76. The molecule has 8 nitrogen and oxygen atoms in total. The first kappa shape index (κ1) is 24.8. The Bertz CT molecular complexity index is 974. The van der Waals surface area contributed by atoms with E-state index < -0.39 is 17.8 Å². The fourth-order valence-electron chi connectivity index (χ4n) is 4.24. The largest absolute Gasteiger partial charge is 0.446 e. The Morgan fingerprint density at radius 1 is 1.27 bits per heavy atom. The van der Waals surface area contributed by atoms with Crippen LogP contribution in [0.1, 0.15) is 69.2 Å². The molecule has 0 radical (unpaired) electrons. The molecule has 1 aromatic heterocycles. The third-order valence-corrected chi connectivity index (χ3v) is 6.13. The number of carbonyl (C=O) groups excluding carboxylic acids is 1. The Morgan fingerprint density at radius 3 is 2.52 bits per heavy atom. The van der Waals surface area contributed by atoms with E-state index in [2.05, 4.69) is 15.4 Å². The quantitative estimate of drug-likeness (QED) is 0.601. The number of fused-ring (bicyclic) bond motifs is 1. The summed E-state index contributed by atoms with van der Waals surface area (Å²) < 4.78 is 47.3. The Morgan fingerprint density at radius 2 is 1.97 bits per heavy atom. The van der Waals surface area contributed by atoms with Crippen molar-refractivity contribution in [1.29, 1.82) is 0 Å². The summed E-state index contributed by atoms with van der Waals surface area (Å²) in [5.41, 5.74) is 0.287. The van der Waals surface area contributed by atoms with Crippen LogP contribution < -0.4 is 9.80 Å². The maximum Gasteiger partial charge on any atom is 0.416 e. The number of ether oxygens (including phenoxy) is 1. The number of rotatable bonds is 6. The molecule has 182 valence electrons. The lowest BCUT2D eigenvalue weighted by Gasteiger charge is -2.30. The van der Waals surface area contributed by atoms with Gasteiger partial charge in [-0.1, -0.05) is 31.9 Å². The number of halogens is 3. The first-order chi connectivity index (χ1) is 15.6. The zero-order chi connectivity index (χ0) is 24.3. The second kappa shape index (κ2) is 9.96. The van der Waals surface area contributed by atoms with Gasteiger partial charge in [0.05, 0.1) is 24.3 Å². The van der Waals surface area contributed by atoms with Gasteiger partial charge in [0.1, 0.15) is 6.10 Å². The number of hydrogen-bond donors (Lipinski definition) is 0. The molecule has 1 aliphatic heterocycles. The molecule has 2 aromatic rings. The number of tetrazole rings is 1. The zero-order valence-corrected chi connectivity index (χ0v) is 19.7. The first-order valence-corrected chi connectivity index (χ1v) is 11.3. The van der Waals surface area contributed by atoms with Crippen LogP contribution in [-0.2, 0) is 24.4 Å². The van der Waals surface area contributed by atoms with Crippen molar-refractivity contribution in [2.75, 3.05) is 23.4 Å². The van der Waals surface area contributed by atoms with E-state index in [9.17, 15) is 18.0 Å². The van der Waals surface area contributed by atoms with Gasteiger partial charge in [0.2, 0.25) is 0 Å². The van der Waals surface area contributed by atoms with Gasteiger partial charge in [-0.3, -0.25) is 4.90 Å². The molecule has 1 unspecified atom stereocenters. The van der Waals surface area contributed by atoms with Gasteiger partial charge in [0.15, 0.2) is 0 Å². The van der Waals surface area contributed by atoms with E-state index in [0.29, 0.717) is 37.2 Å². The molecule has 11 heteroatoms. The van der Waals surface area contributed by atoms with Gasteiger partial charge in [0, 0.05) is 13.6 Å². The molecule has 0 N–H and O–H groups in total. The average molecular weight is 469 g/mol. The van der Waals surface area contributed by atoms with E-state index in [1.54, 1.807) is 32.0 Å². The molecule has 2 heterocycles. The lowest BCUT2D eigenvalue weighted by Crippen LogP contribution is -2.35. The fraction of sp³-hybridized carbons (Fsp3) is 0.636. The molecule has 1 atom stereocenters. The summed E-state index contributed by atoms with van der Waals surface area (Å²) in [6, 6.07) is 2.33. The number of carbonyl (C=O) groups is 1. The minimum atomic E-state index is -4.54. The highest BCUT2D eigenvalue weighted by Gasteiger charge is 2.38. The molecule has 0 bridgehead atoms. The van der Waals surface area contributed by atoms with Crippen molar-refractivity contribution in [1.82, 2.24) is 20.2 Å². The van der Waals surface area contributed by atoms with Crippen LogP contribution in [0, 0.1) is 0 Å². The summed E-state index contributed by atoms with van der Waals surface area (Å²) in [4.78, 5) is 17.6. The monoisotopic (exact) mass is 468 g/mol. The third-order valence-electron chi connectivity index (χ3n) is 6.13. The molecule has 0 spiro atoms. The zero-order valence-electron chi connectivity index (χ0n) is 19.7. The minimum Gasteiger partial charge on any atom is -0.446 e. The molecule has 33 heavy (non-hydrogen) atoms. The van der Waals surface area contributed by atoms with Crippen molar-refractivity contribution < 1.29 is 22.7 Å². The number of nitrogens with zero attached hydrogens (tertiary/aromatic N) is 6. The van der Waals surface area contributed by atoms with E-state index in [4.69, 9.17) is 4.74 Å². The molecular formula is C22H31F3N6O2. The predicted octanol–water partition coefficient (Wildman–Crippen LogP) is 4.89. The summed E-state index contributed by atoms with van der Waals surface area (Å²) >= 11 is 0. The number of aryl methyl sites for hydroxylation is 2. The van der Waals surface area contributed by atoms with Crippen LogP contribution in [0.15, 0.2) is 12.1 Å². The number of amides is 1. The maximum absolute atomic E-state index is 13.9. The second-order valence-corrected chi connectivity index (χ2v) is 8.24. The smallest absolute Gasteiger partial charge is 0.416 e. The van der Waals surface area contributed by atoms with Crippen molar-refractivity contribution in [2.24, 2.45) is 7.05 Å². The Balaban J connectivity index is 2.13. The highest BCUT2D eigenvalue weighted by atomic mass is 19.4. The second-order valence-electron chi connectivity index (χ2n) is 8.24. The highest BCUT2D eigenvalue weighted by Crippen LogP contribution is 2.43. The molecule has 0 saturated carbocycles.